The first-order valence-electron chi connectivity index (χ1n) is 9.16. The van der Waals surface area contributed by atoms with Gasteiger partial charge >= 0.3 is 5.97 Å². The Kier molecular flexibility index (Phi) is 5.64. The molecule has 1 atom stereocenters. The topological polar surface area (TPSA) is 116 Å². The Bertz CT molecular complexity index is 796. The van der Waals surface area contributed by atoms with Crippen LogP contribution in [0, 0.1) is 5.41 Å². The number of benzene rings is 1. The summed E-state index contributed by atoms with van der Waals surface area (Å²) < 4.78 is 31.7. The number of aliphatic hydroxyl groups excluding tert-OH is 1. The van der Waals surface area contributed by atoms with E-state index in [0.29, 0.717) is 11.1 Å². The average molecular weight is 398 g/mol. The van der Waals surface area contributed by atoms with Gasteiger partial charge in [0, 0.05) is 19.7 Å². The molecule has 2 fully saturated rings. The van der Waals surface area contributed by atoms with Crippen molar-refractivity contribution in [1.82, 2.24) is 0 Å². The van der Waals surface area contributed by atoms with Crippen molar-refractivity contribution in [2.75, 3.05) is 35.1 Å². The van der Waals surface area contributed by atoms with Crippen molar-refractivity contribution in [3.8, 4) is 0 Å². The zero-order valence-electron chi connectivity index (χ0n) is 15.3. The minimum atomic E-state index is -3.84. The van der Waals surface area contributed by atoms with E-state index in [2.05, 4.69) is 4.72 Å². The van der Waals surface area contributed by atoms with E-state index in [1.54, 1.807) is 13.0 Å². The Balaban J connectivity index is 1.78. The molecule has 2 aliphatic rings. The summed E-state index contributed by atoms with van der Waals surface area (Å²) in [5, 5.41) is 19.1. The lowest BCUT2D eigenvalue weighted by atomic mass is 9.93. The Labute approximate surface area is 159 Å². The van der Waals surface area contributed by atoms with E-state index in [-0.39, 0.29) is 17.9 Å². The van der Waals surface area contributed by atoms with Crippen molar-refractivity contribution in [3.63, 3.8) is 0 Å². The number of aromatic carboxylic acids is 1. The van der Waals surface area contributed by atoms with E-state index in [9.17, 15) is 23.4 Å². The largest absolute Gasteiger partial charge is 0.478 e. The number of aliphatic hydroxyl groups is 1. The van der Waals surface area contributed by atoms with Gasteiger partial charge < -0.3 is 19.8 Å². The standard InChI is InChI=1S/C18H26N2O6S/c1-2-26-16(21)12-27(24,25)19-13-3-4-14(17(22)23)15(11-13)20-9-7-18(5-6-18)8-10-20/h3-4,11,16,19,21H,2,5-10,12H2,1H3,(H,22,23). The number of anilines is 2. The van der Waals surface area contributed by atoms with Crippen LogP contribution >= 0.6 is 0 Å². The lowest BCUT2D eigenvalue weighted by Gasteiger charge is -2.34. The summed E-state index contributed by atoms with van der Waals surface area (Å²) in [6, 6.07) is 4.39. The van der Waals surface area contributed by atoms with Gasteiger partial charge in [-0.1, -0.05) is 0 Å². The summed E-state index contributed by atoms with van der Waals surface area (Å²) in [6.07, 6.45) is 3.14. The fourth-order valence-electron chi connectivity index (χ4n) is 3.59. The number of hydrogen-bond acceptors (Lipinski definition) is 6. The zero-order chi connectivity index (χ0) is 19.7. The van der Waals surface area contributed by atoms with Crippen LogP contribution in [0.1, 0.15) is 43.0 Å². The number of sulfonamides is 1. The zero-order valence-corrected chi connectivity index (χ0v) is 16.2. The molecule has 3 N–H and O–H groups in total. The van der Waals surface area contributed by atoms with Gasteiger partial charge in [0.2, 0.25) is 10.0 Å². The minimum Gasteiger partial charge on any atom is -0.478 e. The summed E-state index contributed by atoms with van der Waals surface area (Å²) in [4.78, 5) is 13.6. The molecule has 0 amide bonds. The molecule has 150 valence electrons. The maximum absolute atomic E-state index is 12.2. The highest BCUT2D eigenvalue weighted by molar-refractivity contribution is 7.92. The molecule has 8 nitrogen and oxygen atoms in total. The maximum Gasteiger partial charge on any atom is 0.337 e. The molecular weight excluding hydrogens is 372 g/mol. The molecule has 1 saturated heterocycles. The van der Waals surface area contributed by atoms with Gasteiger partial charge in [-0.05, 0) is 56.2 Å². The lowest BCUT2D eigenvalue weighted by molar-refractivity contribution is -0.0773. The van der Waals surface area contributed by atoms with Gasteiger partial charge in [0.15, 0.2) is 6.29 Å². The van der Waals surface area contributed by atoms with Crippen molar-refractivity contribution in [1.29, 1.82) is 0 Å². The van der Waals surface area contributed by atoms with E-state index in [0.717, 1.165) is 25.9 Å². The predicted molar refractivity (Wildman–Crippen MR) is 102 cm³/mol. The number of carbonyl (C=O) groups is 1. The molecule has 9 heteroatoms. The molecule has 1 heterocycles. The predicted octanol–water partition coefficient (Wildman–Crippen LogP) is 1.86. The molecule has 1 saturated carbocycles. The van der Waals surface area contributed by atoms with Crippen molar-refractivity contribution in [2.45, 2.75) is 38.9 Å². The average Bonchev–Trinajstić information content (AvgIpc) is 3.33. The third-order valence-corrected chi connectivity index (χ3v) is 6.62. The molecular formula is C18H26N2O6S. The highest BCUT2D eigenvalue weighted by Gasteiger charge is 2.44. The monoisotopic (exact) mass is 398 g/mol. The molecule has 1 unspecified atom stereocenters. The van der Waals surface area contributed by atoms with Crippen LogP contribution in [0.5, 0.6) is 0 Å². The smallest absolute Gasteiger partial charge is 0.337 e. The summed E-state index contributed by atoms with van der Waals surface area (Å²) in [7, 11) is -3.84. The van der Waals surface area contributed by atoms with Gasteiger partial charge in [-0.25, -0.2) is 13.2 Å². The fourth-order valence-corrected chi connectivity index (χ4v) is 4.63. The van der Waals surface area contributed by atoms with Crippen LogP contribution in [0.3, 0.4) is 0 Å². The molecule has 1 aliphatic heterocycles. The van der Waals surface area contributed by atoms with Gasteiger partial charge in [-0.2, -0.15) is 0 Å². The van der Waals surface area contributed by atoms with E-state index in [4.69, 9.17) is 4.74 Å². The van der Waals surface area contributed by atoms with E-state index in [1.807, 2.05) is 4.90 Å². The molecule has 0 bridgehead atoms. The van der Waals surface area contributed by atoms with Gasteiger partial charge in [-0.3, -0.25) is 4.72 Å². The number of rotatable bonds is 8. The quantitative estimate of drug-likeness (QED) is 0.572. The van der Waals surface area contributed by atoms with Crippen LogP contribution in [0.15, 0.2) is 18.2 Å². The highest BCUT2D eigenvalue weighted by Crippen LogP contribution is 2.54. The maximum atomic E-state index is 12.2. The third-order valence-electron chi connectivity index (χ3n) is 5.34. The number of carboxylic acids is 1. The van der Waals surface area contributed by atoms with Crippen molar-refractivity contribution >= 4 is 27.4 Å². The van der Waals surface area contributed by atoms with E-state index in [1.165, 1.54) is 25.0 Å². The van der Waals surface area contributed by atoms with Crippen molar-refractivity contribution < 1.29 is 28.2 Å². The molecule has 1 aliphatic carbocycles. The molecule has 27 heavy (non-hydrogen) atoms. The van der Waals surface area contributed by atoms with E-state index < -0.39 is 28.0 Å². The highest BCUT2D eigenvalue weighted by atomic mass is 32.2. The summed E-state index contributed by atoms with van der Waals surface area (Å²) in [5.74, 6) is -1.64. The first kappa shape index (κ1) is 19.9. The van der Waals surface area contributed by atoms with Gasteiger partial charge in [0.25, 0.3) is 0 Å². The summed E-state index contributed by atoms with van der Waals surface area (Å²) in [6.45, 7) is 3.38. The van der Waals surface area contributed by atoms with Crippen LogP contribution in [-0.4, -0.2) is 56.3 Å². The first-order valence-corrected chi connectivity index (χ1v) is 10.8. The fraction of sp³-hybridized carbons (Fsp3) is 0.611. The summed E-state index contributed by atoms with van der Waals surface area (Å²) in [5.41, 5.74) is 1.39. The number of nitrogens with zero attached hydrogens (tertiary/aromatic N) is 1. The second kappa shape index (κ2) is 7.65. The molecule has 1 spiro atoms. The number of nitrogens with one attached hydrogen (secondary N) is 1. The van der Waals surface area contributed by atoms with Gasteiger partial charge in [0.05, 0.1) is 16.9 Å². The number of piperidine rings is 1. The normalized spacial score (nSPS) is 19.7. The SMILES string of the molecule is CCOC(O)CS(=O)(=O)Nc1ccc(C(=O)O)c(N2CCC3(CC2)CC3)c1. The summed E-state index contributed by atoms with van der Waals surface area (Å²) >= 11 is 0. The molecule has 1 aromatic carbocycles. The molecule has 1 aromatic rings. The second-order valence-corrected chi connectivity index (χ2v) is 9.08. The Morgan fingerprint density at radius 2 is 1.96 bits per heavy atom. The lowest BCUT2D eigenvalue weighted by Crippen LogP contribution is -2.35. The van der Waals surface area contributed by atoms with Crippen LogP contribution < -0.4 is 9.62 Å². The second-order valence-electron chi connectivity index (χ2n) is 7.32. The Hall–Kier alpha value is -1.84. The van der Waals surface area contributed by atoms with Gasteiger partial charge in [0.1, 0.15) is 5.75 Å². The van der Waals surface area contributed by atoms with E-state index >= 15 is 0 Å². The molecule has 3 rings (SSSR count). The molecule has 0 radical (unpaired) electrons. The van der Waals surface area contributed by atoms with Crippen LogP contribution in [0.25, 0.3) is 0 Å². The minimum absolute atomic E-state index is 0.152. The molecule has 0 aromatic heterocycles. The number of hydrogen-bond donors (Lipinski definition) is 3. The number of carboxylic acid groups (broad SMARTS) is 1. The van der Waals surface area contributed by atoms with Crippen LogP contribution in [0.4, 0.5) is 11.4 Å². The van der Waals surface area contributed by atoms with Crippen LogP contribution in [-0.2, 0) is 14.8 Å². The Morgan fingerprint density at radius 3 is 2.52 bits per heavy atom. The van der Waals surface area contributed by atoms with Crippen molar-refractivity contribution in [2.24, 2.45) is 5.41 Å². The number of ether oxygens (including phenoxy) is 1. The van der Waals surface area contributed by atoms with Gasteiger partial charge in [-0.15, -0.1) is 0 Å². The van der Waals surface area contributed by atoms with Crippen LogP contribution in [0.2, 0.25) is 0 Å². The van der Waals surface area contributed by atoms with Crippen molar-refractivity contribution in [3.05, 3.63) is 23.8 Å². The first-order chi connectivity index (χ1) is 12.7. The third kappa shape index (κ3) is 4.91. The Morgan fingerprint density at radius 1 is 1.30 bits per heavy atom.